The molecule has 0 unspecified atom stereocenters. The highest BCUT2D eigenvalue weighted by Crippen LogP contribution is 2.32. The summed E-state index contributed by atoms with van der Waals surface area (Å²) in [5.74, 6) is 0. The molecule has 0 saturated carbocycles. The van der Waals surface area contributed by atoms with Crippen LogP contribution in [0.25, 0.3) is 21.9 Å². The van der Waals surface area contributed by atoms with E-state index >= 15 is 0 Å². The zero-order valence-electron chi connectivity index (χ0n) is 19.5. The van der Waals surface area contributed by atoms with Gasteiger partial charge in [-0.2, -0.15) is 0 Å². The Labute approximate surface area is 191 Å². The number of furan rings is 1. The summed E-state index contributed by atoms with van der Waals surface area (Å²) in [7, 11) is 0. The maximum Gasteiger partial charge on any atom is 0.139 e. The molecule has 2 fully saturated rings. The highest BCUT2D eigenvalue weighted by atomic mass is 16.3. The van der Waals surface area contributed by atoms with Crippen LogP contribution in [-0.2, 0) is 6.54 Å². The summed E-state index contributed by atoms with van der Waals surface area (Å²) in [4.78, 5) is 7.87. The number of hydrogen-bond donors (Lipinski definition) is 1. The maximum absolute atomic E-state index is 9.78. The molecule has 5 nitrogen and oxygen atoms in total. The van der Waals surface area contributed by atoms with Crippen LogP contribution in [-0.4, -0.2) is 77.3 Å². The summed E-state index contributed by atoms with van der Waals surface area (Å²) < 4.78 is 6.26. The van der Waals surface area contributed by atoms with E-state index in [2.05, 4.69) is 64.9 Å². The second-order valence-corrected chi connectivity index (χ2v) is 9.89. The Morgan fingerprint density at radius 1 is 0.969 bits per heavy atom. The molecule has 2 aromatic carbocycles. The van der Waals surface area contributed by atoms with Crippen molar-refractivity contribution < 1.29 is 9.52 Å². The van der Waals surface area contributed by atoms with Gasteiger partial charge < -0.3 is 14.4 Å². The molecule has 2 aliphatic heterocycles. The standard InChI is InChI=1S/C27H37N3O2/c1-20(2)29-13-10-22(11-14-29)30-16-15-28(19-23(30)12-17-31)18-21-6-5-8-25-24-7-3-4-9-26(24)32-27(21)25/h3-9,20,22-23,31H,10-19H2,1-2H3/t23-/m1/s1. The SMILES string of the molecule is CC(C)N1CCC(N2CCN(Cc3cccc4c3oc3ccccc34)C[C@H]2CCO)CC1. The average Bonchev–Trinajstić information content (AvgIpc) is 3.20. The monoisotopic (exact) mass is 435 g/mol. The molecule has 5 rings (SSSR count). The molecule has 3 aromatic rings. The van der Waals surface area contributed by atoms with Gasteiger partial charge in [-0.25, -0.2) is 0 Å². The summed E-state index contributed by atoms with van der Waals surface area (Å²) in [6, 6.07) is 16.6. The first-order valence-corrected chi connectivity index (χ1v) is 12.4. The van der Waals surface area contributed by atoms with Crippen LogP contribution in [0.15, 0.2) is 46.9 Å². The molecular formula is C27H37N3O2. The number of likely N-dealkylation sites (tertiary alicyclic amines) is 1. The Hall–Kier alpha value is -1.92. The average molecular weight is 436 g/mol. The fourth-order valence-corrected chi connectivity index (χ4v) is 5.87. The second-order valence-electron chi connectivity index (χ2n) is 9.89. The minimum absolute atomic E-state index is 0.263. The molecule has 3 heterocycles. The third-order valence-corrected chi connectivity index (χ3v) is 7.65. The summed E-state index contributed by atoms with van der Waals surface area (Å²) >= 11 is 0. The van der Waals surface area contributed by atoms with Gasteiger partial charge in [-0.3, -0.25) is 9.80 Å². The van der Waals surface area contributed by atoms with Crippen LogP contribution in [0.1, 0.15) is 38.7 Å². The van der Waals surface area contributed by atoms with E-state index in [9.17, 15) is 5.11 Å². The van der Waals surface area contributed by atoms with Gasteiger partial charge in [0.05, 0.1) is 0 Å². The van der Waals surface area contributed by atoms with E-state index in [-0.39, 0.29) is 6.61 Å². The minimum atomic E-state index is 0.263. The van der Waals surface area contributed by atoms with Crippen molar-refractivity contribution in [2.24, 2.45) is 0 Å². The van der Waals surface area contributed by atoms with Gasteiger partial charge >= 0.3 is 0 Å². The van der Waals surface area contributed by atoms with E-state index in [0.29, 0.717) is 18.1 Å². The molecule has 0 spiro atoms. The zero-order chi connectivity index (χ0) is 22.1. The Kier molecular flexibility index (Phi) is 6.51. The molecule has 0 bridgehead atoms. The van der Waals surface area contributed by atoms with Gasteiger partial charge in [0, 0.05) is 67.2 Å². The molecule has 1 N–H and O–H groups in total. The summed E-state index contributed by atoms with van der Waals surface area (Å²) in [5.41, 5.74) is 3.25. The van der Waals surface area contributed by atoms with Crippen molar-refractivity contribution in [3.63, 3.8) is 0 Å². The van der Waals surface area contributed by atoms with E-state index in [4.69, 9.17) is 4.42 Å². The van der Waals surface area contributed by atoms with Crippen LogP contribution in [0.2, 0.25) is 0 Å². The van der Waals surface area contributed by atoms with Crippen molar-refractivity contribution >= 4 is 21.9 Å². The molecule has 5 heteroatoms. The van der Waals surface area contributed by atoms with Crippen molar-refractivity contribution in [3.8, 4) is 0 Å². The lowest BCUT2D eigenvalue weighted by molar-refractivity contribution is 0.0000142. The molecule has 0 aliphatic carbocycles. The second kappa shape index (κ2) is 9.52. The predicted octanol–water partition coefficient (Wildman–Crippen LogP) is 4.33. The Morgan fingerprint density at radius 3 is 2.53 bits per heavy atom. The fourth-order valence-electron chi connectivity index (χ4n) is 5.87. The number of rotatable bonds is 6. The van der Waals surface area contributed by atoms with Crippen molar-refractivity contribution in [2.45, 2.75) is 57.8 Å². The first-order chi connectivity index (χ1) is 15.6. The van der Waals surface area contributed by atoms with Crippen LogP contribution in [0.4, 0.5) is 0 Å². The lowest BCUT2D eigenvalue weighted by Gasteiger charge is -2.48. The normalized spacial score (nSPS) is 22.4. The number of para-hydroxylation sites is 2. The lowest BCUT2D eigenvalue weighted by atomic mass is 9.97. The first-order valence-electron chi connectivity index (χ1n) is 12.4. The van der Waals surface area contributed by atoms with Crippen LogP contribution in [0, 0.1) is 0 Å². The number of hydrogen-bond acceptors (Lipinski definition) is 5. The summed E-state index contributed by atoms with van der Waals surface area (Å²) in [6.07, 6.45) is 3.35. The Balaban J connectivity index is 1.30. The van der Waals surface area contributed by atoms with Crippen LogP contribution in [0.5, 0.6) is 0 Å². The van der Waals surface area contributed by atoms with Gasteiger partial charge in [-0.15, -0.1) is 0 Å². The maximum atomic E-state index is 9.78. The molecule has 0 amide bonds. The van der Waals surface area contributed by atoms with Gasteiger partial charge in [-0.1, -0.05) is 36.4 Å². The molecule has 2 aliphatic rings. The van der Waals surface area contributed by atoms with Crippen molar-refractivity contribution in [1.82, 2.24) is 14.7 Å². The number of nitrogens with zero attached hydrogens (tertiary/aromatic N) is 3. The fraction of sp³-hybridized carbons (Fsp3) is 0.556. The number of benzene rings is 2. The van der Waals surface area contributed by atoms with Crippen molar-refractivity contribution in [3.05, 3.63) is 48.0 Å². The van der Waals surface area contributed by atoms with Crippen LogP contribution in [0.3, 0.4) is 0 Å². The van der Waals surface area contributed by atoms with Crippen molar-refractivity contribution in [2.75, 3.05) is 39.3 Å². The minimum Gasteiger partial charge on any atom is -0.456 e. The smallest absolute Gasteiger partial charge is 0.139 e. The predicted molar refractivity (Wildman–Crippen MR) is 131 cm³/mol. The third kappa shape index (κ3) is 4.32. The summed E-state index contributed by atoms with van der Waals surface area (Å²) in [5, 5.41) is 12.2. The number of aliphatic hydroxyl groups excluding tert-OH is 1. The third-order valence-electron chi connectivity index (χ3n) is 7.65. The topological polar surface area (TPSA) is 43.1 Å². The number of piperidine rings is 1. The van der Waals surface area contributed by atoms with Gasteiger partial charge in [0.1, 0.15) is 11.2 Å². The molecule has 0 radical (unpaired) electrons. The molecule has 1 atom stereocenters. The van der Waals surface area contributed by atoms with E-state index in [1.54, 1.807) is 0 Å². The first kappa shape index (κ1) is 21.9. The van der Waals surface area contributed by atoms with E-state index in [0.717, 1.165) is 43.8 Å². The zero-order valence-corrected chi connectivity index (χ0v) is 19.5. The molecule has 2 saturated heterocycles. The van der Waals surface area contributed by atoms with E-state index < -0.39 is 0 Å². The van der Waals surface area contributed by atoms with Gasteiger partial charge in [0.25, 0.3) is 0 Å². The molecule has 32 heavy (non-hydrogen) atoms. The van der Waals surface area contributed by atoms with Crippen LogP contribution >= 0.6 is 0 Å². The summed E-state index contributed by atoms with van der Waals surface area (Å²) in [6.45, 7) is 11.3. The lowest BCUT2D eigenvalue weighted by Crippen LogP contribution is -2.58. The quantitative estimate of drug-likeness (QED) is 0.624. The van der Waals surface area contributed by atoms with Crippen molar-refractivity contribution in [1.29, 1.82) is 0 Å². The number of aliphatic hydroxyl groups is 1. The molecule has 1 aromatic heterocycles. The highest BCUT2D eigenvalue weighted by Gasteiger charge is 2.34. The largest absolute Gasteiger partial charge is 0.456 e. The van der Waals surface area contributed by atoms with Crippen LogP contribution < -0.4 is 0 Å². The van der Waals surface area contributed by atoms with E-state index in [1.165, 1.54) is 42.3 Å². The van der Waals surface area contributed by atoms with E-state index in [1.807, 2.05) is 6.07 Å². The van der Waals surface area contributed by atoms with Gasteiger partial charge in [0.2, 0.25) is 0 Å². The van der Waals surface area contributed by atoms with Gasteiger partial charge in [-0.05, 0) is 52.3 Å². The number of piperazine rings is 1. The molecule has 172 valence electrons. The van der Waals surface area contributed by atoms with Gasteiger partial charge in [0.15, 0.2) is 0 Å². The number of fused-ring (bicyclic) bond motifs is 3. The highest BCUT2D eigenvalue weighted by molar-refractivity contribution is 6.05. The Bertz CT molecular complexity index is 1040. The Morgan fingerprint density at radius 2 is 1.75 bits per heavy atom. The molecular weight excluding hydrogens is 398 g/mol.